The fourth-order valence-corrected chi connectivity index (χ4v) is 8.02. The first kappa shape index (κ1) is 37.7. The lowest BCUT2D eigenvalue weighted by atomic mass is 10.1. The first-order valence-electron chi connectivity index (χ1n) is 14.0. The molecule has 0 saturated carbocycles. The third kappa shape index (κ3) is 9.06. The molecule has 44 heavy (non-hydrogen) atoms. The Labute approximate surface area is 263 Å². The third-order valence-electron chi connectivity index (χ3n) is 7.67. The predicted molar refractivity (Wildman–Crippen MR) is 170 cm³/mol. The van der Waals surface area contributed by atoms with Crippen molar-refractivity contribution in [3.05, 3.63) is 59.7 Å². The quantitative estimate of drug-likeness (QED) is 0.196. The zero-order valence-corrected chi connectivity index (χ0v) is 29.2. The van der Waals surface area contributed by atoms with Gasteiger partial charge in [0.1, 0.15) is 11.1 Å². The molecule has 1 fully saturated rings. The van der Waals surface area contributed by atoms with Gasteiger partial charge in [-0.05, 0) is 85.1 Å². The minimum Gasteiger partial charge on any atom is -0.372 e. The summed E-state index contributed by atoms with van der Waals surface area (Å²) in [6.07, 6.45) is 3.08. The number of ether oxygens (including phenoxy) is 1. The Morgan fingerprint density at radius 1 is 0.795 bits per heavy atom. The highest BCUT2D eigenvalue weighted by Crippen LogP contribution is 2.29. The van der Waals surface area contributed by atoms with Gasteiger partial charge in [0.2, 0.25) is 26.0 Å². The summed E-state index contributed by atoms with van der Waals surface area (Å²) in [6.45, 7) is 10.5. The zero-order chi connectivity index (χ0) is 33.5. The molecule has 12 nitrogen and oxygen atoms in total. The van der Waals surface area contributed by atoms with Crippen molar-refractivity contribution in [3.8, 4) is 0 Å². The maximum atomic E-state index is 12.8. The normalized spacial score (nSPS) is 16.5. The number of carbonyl (C=O) groups is 2. The molecule has 2 aromatic rings. The fourth-order valence-electron chi connectivity index (χ4n) is 3.91. The Morgan fingerprint density at radius 2 is 1.20 bits per heavy atom. The SMILES string of the molecule is Cc1ccc(S(=O)(=O)N(C)C(C)(C)C(=O)NO)cc1.Cc1ccc(S(=O)(=O)N(C)C(C)(C)C(=O)NPC2CCCCO2)cc1. The number of aryl methyl sites for hydroxylation is 2. The number of hydrogen-bond donors (Lipinski definition) is 3. The standard InChI is InChI=1S/C17H27N2O4PS.C12H18N2O4S/c1-13-8-10-14(11-9-13)25(21,22)19(4)17(2,3)16(20)18-24-15-7-5-6-12-23-15;1-9-5-7-10(8-6-9)19(17,18)14(4)12(2,3)11(15)13-16/h8-11,15,24H,5-7,12H2,1-4H3,(H,18,20);5-8,16H,1-4H3,(H,13,15). The smallest absolute Gasteiger partial charge is 0.264 e. The van der Waals surface area contributed by atoms with Crippen LogP contribution in [0.25, 0.3) is 0 Å². The topological polar surface area (TPSA) is 162 Å². The molecule has 0 aliphatic carbocycles. The summed E-state index contributed by atoms with van der Waals surface area (Å²) in [7, 11) is -4.70. The molecule has 3 rings (SSSR count). The monoisotopic (exact) mass is 672 g/mol. The van der Waals surface area contributed by atoms with Crippen LogP contribution in [0.5, 0.6) is 0 Å². The van der Waals surface area contributed by atoms with Gasteiger partial charge in [-0.25, -0.2) is 22.3 Å². The van der Waals surface area contributed by atoms with Gasteiger partial charge in [-0.15, -0.1) is 0 Å². The van der Waals surface area contributed by atoms with Gasteiger partial charge in [0.15, 0.2) is 0 Å². The number of nitrogens with zero attached hydrogens (tertiary/aromatic N) is 2. The van der Waals surface area contributed by atoms with Crippen LogP contribution in [-0.4, -0.2) is 80.1 Å². The summed E-state index contributed by atoms with van der Waals surface area (Å²) in [5, 5.41) is 11.5. The maximum Gasteiger partial charge on any atom is 0.264 e. The van der Waals surface area contributed by atoms with Crippen molar-refractivity contribution in [2.45, 2.75) is 87.5 Å². The largest absolute Gasteiger partial charge is 0.372 e. The second kappa shape index (κ2) is 15.2. The highest BCUT2D eigenvalue weighted by Gasteiger charge is 2.41. The highest BCUT2D eigenvalue weighted by molar-refractivity contribution is 7.89. The molecular weight excluding hydrogens is 627 g/mol. The molecule has 1 aliphatic rings. The molecule has 0 bridgehead atoms. The van der Waals surface area contributed by atoms with E-state index in [9.17, 15) is 26.4 Å². The number of rotatable bonds is 10. The van der Waals surface area contributed by atoms with Crippen LogP contribution >= 0.6 is 8.73 Å². The summed E-state index contributed by atoms with van der Waals surface area (Å²) >= 11 is 0. The average Bonchev–Trinajstić information content (AvgIpc) is 2.99. The molecule has 0 spiro atoms. The second-order valence-corrected chi connectivity index (χ2v) is 16.7. The van der Waals surface area contributed by atoms with E-state index in [4.69, 9.17) is 9.94 Å². The van der Waals surface area contributed by atoms with Gasteiger partial charge in [-0.3, -0.25) is 14.8 Å². The van der Waals surface area contributed by atoms with Crippen LogP contribution in [0.4, 0.5) is 0 Å². The molecule has 1 aliphatic heterocycles. The van der Waals surface area contributed by atoms with E-state index in [0.29, 0.717) is 0 Å². The first-order valence-corrected chi connectivity index (χ1v) is 18.0. The molecule has 0 aromatic heterocycles. The van der Waals surface area contributed by atoms with E-state index in [2.05, 4.69) is 5.09 Å². The van der Waals surface area contributed by atoms with Gasteiger partial charge >= 0.3 is 0 Å². The average molecular weight is 673 g/mol. The summed E-state index contributed by atoms with van der Waals surface area (Å²) < 4.78 is 58.1. The van der Waals surface area contributed by atoms with E-state index in [0.717, 1.165) is 45.6 Å². The van der Waals surface area contributed by atoms with Crippen molar-refractivity contribution in [1.82, 2.24) is 19.2 Å². The summed E-state index contributed by atoms with van der Waals surface area (Å²) in [5.41, 5.74) is 0.784. The van der Waals surface area contributed by atoms with Crippen molar-refractivity contribution < 1.29 is 36.4 Å². The molecular formula is C29H45N4O8PS2. The minimum atomic E-state index is -3.81. The number of hydroxylamine groups is 1. The number of benzene rings is 2. The molecule has 1 heterocycles. The molecule has 15 heteroatoms. The molecule has 2 unspecified atom stereocenters. The summed E-state index contributed by atoms with van der Waals surface area (Å²) in [5.74, 6) is -1.09. The van der Waals surface area contributed by atoms with Crippen molar-refractivity contribution in [2.75, 3.05) is 20.7 Å². The van der Waals surface area contributed by atoms with Crippen LogP contribution in [0.2, 0.25) is 0 Å². The third-order valence-corrected chi connectivity index (χ3v) is 12.9. The van der Waals surface area contributed by atoms with Gasteiger partial charge in [0.05, 0.1) is 15.6 Å². The number of amides is 2. The van der Waals surface area contributed by atoms with Crippen LogP contribution in [-0.2, 0) is 34.4 Å². The summed E-state index contributed by atoms with van der Waals surface area (Å²) in [6, 6.07) is 12.9. The van der Waals surface area contributed by atoms with Crippen LogP contribution in [0.15, 0.2) is 58.3 Å². The molecule has 0 radical (unpaired) electrons. The maximum absolute atomic E-state index is 12.8. The Bertz CT molecular complexity index is 1490. The van der Waals surface area contributed by atoms with Crippen LogP contribution < -0.4 is 10.6 Å². The van der Waals surface area contributed by atoms with E-state index < -0.39 is 37.0 Å². The molecule has 1 saturated heterocycles. The van der Waals surface area contributed by atoms with Gasteiger partial charge in [-0.2, -0.15) is 8.61 Å². The van der Waals surface area contributed by atoms with Crippen molar-refractivity contribution >= 4 is 40.6 Å². The zero-order valence-electron chi connectivity index (χ0n) is 26.5. The Balaban J connectivity index is 0.000000319. The molecule has 2 atom stereocenters. The molecule has 246 valence electrons. The number of hydrogen-bond acceptors (Lipinski definition) is 8. The molecule has 2 aromatic carbocycles. The van der Waals surface area contributed by atoms with Crippen LogP contribution in [0.3, 0.4) is 0 Å². The van der Waals surface area contributed by atoms with Gasteiger partial charge < -0.3 is 9.82 Å². The number of carbonyl (C=O) groups excluding carboxylic acids is 2. The molecule has 2 amide bonds. The Hall–Kier alpha value is -2.45. The van der Waals surface area contributed by atoms with Crippen molar-refractivity contribution in [1.29, 1.82) is 0 Å². The lowest BCUT2D eigenvalue weighted by Crippen LogP contribution is -2.54. The van der Waals surface area contributed by atoms with E-state index in [1.54, 1.807) is 50.2 Å². The lowest BCUT2D eigenvalue weighted by molar-refractivity contribution is -0.137. The van der Waals surface area contributed by atoms with Crippen LogP contribution in [0, 0.1) is 13.8 Å². The Kier molecular flexibility index (Phi) is 13.1. The van der Waals surface area contributed by atoms with E-state index in [-0.39, 0.29) is 30.3 Å². The fraction of sp³-hybridized carbons (Fsp3) is 0.517. The van der Waals surface area contributed by atoms with Crippen molar-refractivity contribution in [2.24, 2.45) is 0 Å². The predicted octanol–water partition coefficient (Wildman–Crippen LogP) is 3.53. The van der Waals surface area contributed by atoms with E-state index in [1.165, 1.54) is 45.6 Å². The minimum absolute atomic E-state index is 0.0347. The summed E-state index contributed by atoms with van der Waals surface area (Å²) in [4.78, 5) is 24.4. The van der Waals surface area contributed by atoms with E-state index in [1.807, 2.05) is 13.8 Å². The lowest BCUT2D eigenvalue weighted by Gasteiger charge is -2.34. The number of sulfonamides is 2. The van der Waals surface area contributed by atoms with E-state index >= 15 is 0 Å². The number of likely N-dealkylation sites (N-methyl/N-ethyl adjacent to an activating group) is 2. The van der Waals surface area contributed by atoms with Gasteiger partial charge in [-0.1, -0.05) is 35.4 Å². The highest BCUT2D eigenvalue weighted by atomic mass is 32.2. The van der Waals surface area contributed by atoms with Crippen molar-refractivity contribution in [3.63, 3.8) is 0 Å². The molecule has 3 N–H and O–H groups in total. The Morgan fingerprint density at radius 3 is 1.57 bits per heavy atom. The first-order chi connectivity index (χ1) is 20.3. The van der Waals surface area contributed by atoms with Gasteiger partial charge in [0.25, 0.3) is 5.91 Å². The second-order valence-electron chi connectivity index (χ2n) is 11.6. The number of nitrogens with one attached hydrogen (secondary N) is 2. The van der Waals surface area contributed by atoms with Gasteiger partial charge in [0, 0.05) is 29.4 Å². The van der Waals surface area contributed by atoms with Crippen LogP contribution in [0.1, 0.15) is 58.1 Å².